The van der Waals surface area contributed by atoms with E-state index in [1.54, 1.807) is 0 Å². The summed E-state index contributed by atoms with van der Waals surface area (Å²) in [6.07, 6.45) is 4.86. The lowest BCUT2D eigenvalue weighted by molar-refractivity contribution is -0.132. The van der Waals surface area contributed by atoms with Gasteiger partial charge in [-0.05, 0) is 50.6 Å². The van der Waals surface area contributed by atoms with Crippen molar-refractivity contribution in [2.75, 3.05) is 33.2 Å². The molecule has 3 fully saturated rings. The van der Waals surface area contributed by atoms with Crippen LogP contribution < -0.4 is 0 Å². The van der Waals surface area contributed by atoms with Crippen LogP contribution >= 0.6 is 0 Å². The first kappa shape index (κ1) is 18.8. The summed E-state index contributed by atoms with van der Waals surface area (Å²) in [4.78, 5) is 22.0. The number of carbonyl (C=O) groups is 1. The smallest absolute Gasteiger partial charge is 0.229 e. The molecular formula is C23H30N4O2. The Morgan fingerprint density at radius 1 is 1.21 bits per heavy atom. The van der Waals surface area contributed by atoms with Crippen LogP contribution in [0.5, 0.6) is 0 Å². The Kier molecular flexibility index (Phi) is 4.69. The van der Waals surface area contributed by atoms with Crippen molar-refractivity contribution >= 4 is 5.91 Å². The topological polar surface area (TPSA) is 62.5 Å². The minimum atomic E-state index is 0.153. The van der Waals surface area contributed by atoms with Crippen LogP contribution in [0.2, 0.25) is 0 Å². The van der Waals surface area contributed by atoms with Crippen molar-refractivity contribution in [1.82, 2.24) is 19.9 Å². The van der Waals surface area contributed by atoms with Gasteiger partial charge in [0, 0.05) is 38.0 Å². The van der Waals surface area contributed by atoms with Crippen LogP contribution in [-0.2, 0) is 11.2 Å². The number of nitrogens with zero attached hydrogens (tertiary/aromatic N) is 4. The fourth-order valence-electron chi connectivity index (χ4n) is 5.16. The first-order valence-corrected chi connectivity index (χ1v) is 10.9. The number of carbonyl (C=O) groups excluding carboxylic acids is 1. The normalized spacial score (nSPS) is 24.3. The molecule has 154 valence electrons. The van der Waals surface area contributed by atoms with Gasteiger partial charge in [0.2, 0.25) is 11.8 Å². The van der Waals surface area contributed by atoms with Crippen LogP contribution in [0, 0.1) is 12.3 Å². The molecule has 1 atom stereocenters. The molecule has 1 aliphatic carbocycles. The molecule has 1 saturated carbocycles. The second-order valence-corrected chi connectivity index (χ2v) is 9.42. The van der Waals surface area contributed by atoms with Crippen molar-refractivity contribution in [2.24, 2.45) is 5.41 Å². The fraction of sp³-hybridized carbons (Fsp3) is 0.609. The van der Waals surface area contributed by atoms with Crippen molar-refractivity contribution in [3.8, 4) is 0 Å². The molecular weight excluding hydrogens is 364 g/mol. The van der Waals surface area contributed by atoms with E-state index in [1.165, 1.54) is 18.4 Å². The number of rotatable bonds is 4. The van der Waals surface area contributed by atoms with Crippen molar-refractivity contribution in [3.63, 3.8) is 0 Å². The highest BCUT2D eigenvalue weighted by Gasteiger charge is 2.50. The van der Waals surface area contributed by atoms with Crippen molar-refractivity contribution in [1.29, 1.82) is 0 Å². The van der Waals surface area contributed by atoms with E-state index in [0.29, 0.717) is 18.3 Å². The van der Waals surface area contributed by atoms with Gasteiger partial charge >= 0.3 is 0 Å². The predicted octanol–water partition coefficient (Wildman–Crippen LogP) is 3.14. The van der Waals surface area contributed by atoms with Gasteiger partial charge in [0.25, 0.3) is 0 Å². The molecule has 0 unspecified atom stereocenters. The lowest BCUT2D eigenvalue weighted by Gasteiger charge is -2.42. The quantitative estimate of drug-likeness (QED) is 0.797. The van der Waals surface area contributed by atoms with Crippen LogP contribution in [0.25, 0.3) is 0 Å². The zero-order chi connectivity index (χ0) is 20.0. The number of aromatic nitrogens is 2. The zero-order valence-electron chi connectivity index (χ0n) is 17.4. The molecule has 6 nitrogen and oxygen atoms in total. The molecule has 1 amide bonds. The largest absolute Gasteiger partial charge is 0.342 e. The Morgan fingerprint density at radius 3 is 2.62 bits per heavy atom. The third-order valence-electron chi connectivity index (χ3n) is 7.10. The third kappa shape index (κ3) is 3.70. The average Bonchev–Trinajstić information content (AvgIpc) is 3.36. The lowest BCUT2D eigenvalue weighted by atomic mass is 9.70. The summed E-state index contributed by atoms with van der Waals surface area (Å²) < 4.78 is 5.56. The summed E-state index contributed by atoms with van der Waals surface area (Å²) >= 11 is 0. The van der Waals surface area contributed by atoms with E-state index < -0.39 is 0 Å². The van der Waals surface area contributed by atoms with Crippen molar-refractivity contribution < 1.29 is 9.32 Å². The highest BCUT2D eigenvalue weighted by atomic mass is 16.5. The van der Waals surface area contributed by atoms with E-state index >= 15 is 0 Å². The van der Waals surface area contributed by atoms with E-state index in [2.05, 4.69) is 48.3 Å². The maximum Gasteiger partial charge on any atom is 0.229 e. The van der Waals surface area contributed by atoms with Gasteiger partial charge in [0.1, 0.15) is 0 Å². The van der Waals surface area contributed by atoms with Gasteiger partial charge in [-0.3, -0.25) is 4.79 Å². The van der Waals surface area contributed by atoms with Crippen LogP contribution in [0.15, 0.2) is 28.8 Å². The molecule has 29 heavy (non-hydrogen) atoms. The van der Waals surface area contributed by atoms with Gasteiger partial charge in [-0.25, -0.2) is 0 Å². The van der Waals surface area contributed by atoms with Gasteiger partial charge in [0.15, 0.2) is 5.82 Å². The van der Waals surface area contributed by atoms with Crippen LogP contribution in [0.3, 0.4) is 0 Å². The molecule has 2 saturated heterocycles. The van der Waals surface area contributed by atoms with E-state index in [0.717, 1.165) is 56.3 Å². The lowest BCUT2D eigenvalue weighted by Crippen LogP contribution is -2.46. The average molecular weight is 395 g/mol. The number of hydrogen-bond acceptors (Lipinski definition) is 5. The molecule has 0 radical (unpaired) electrons. The molecule has 1 spiro atoms. The number of amides is 1. The highest BCUT2D eigenvalue weighted by molar-refractivity contribution is 5.78. The molecule has 2 aromatic rings. The Bertz CT molecular complexity index is 879. The molecule has 0 N–H and O–H groups in total. The summed E-state index contributed by atoms with van der Waals surface area (Å²) in [6, 6.07) is 8.28. The summed E-state index contributed by atoms with van der Waals surface area (Å²) in [5.41, 5.74) is 2.47. The third-order valence-corrected chi connectivity index (χ3v) is 7.10. The molecule has 1 aromatic heterocycles. The first-order valence-electron chi connectivity index (χ1n) is 10.9. The molecule has 3 heterocycles. The van der Waals surface area contributed by atoms with E-state index in [4.69, 9.17) is 9.51 Å². The van der Waals surface area contributed by atoms with Gasteiger partial charge < -0.3 is 14.3 Å². The van der Waals surface area contributed by atoms with Gasteiger partial charge in [-0.1, -0.05) is 35.0 Å². The van der Waals surface area contributed by atoms with Crippen LogP contribution in [-0.4, -0.2) is 59.1 Å². The van der Waals surface area contributed by atoms with Gasteiger partial charge in [-0.15, -0.1) is 0 Å². The van der Waals surface area contributed by atoms with Crippen LogP contribution in [0.1, 0.15) is 60.4 Å². The number of benzene rings is 1. The maximum absolute atomic E-state index is 12.8. The Balaban J connectivity index is 1.25. The number of likely N-dealkylation sites (N-methyl/N-ethyl adjacent to an activating group) is 1. The highest BCUT2D eigenvalue weighted by Crippen LogP contribution is 2.49. The number of aryl methyl sites for hydroxylation is 1. The van der Waals surface area contributed by atoms with Crippen molar-refractivity contribution in [3.05, 3.63) is 47.1 Å². The zero-order valence-corrected chi connectivity index (χ0v) is 17.4. The molecule has 5 rings (SSSR count). The summed E-state index contributed by atoms with van der Waals surface area (Å²) in [6.45, 7) is 5.73. The maximum atomic E-state index is 12.8. The molecule has 2 aliphatic heterocycles. The standard InChI is InChI=1S/C23H30N4O2/c1-16-3-5-17(6-4-16)13-20(28)27-11-9-23(10-12-27)15-26(2)14-19(23)21-24-22(29-25-21)18-7-8-18/h3-6,18-19H,7-15H2,1-2H3/t19-/m0/s1. The molecule has 3 aliphatic rings. The Morgan fingerprint density at radius 2 is 1.93 bits per heavy atom. The number of piperidine rings is 1. The monoisotopic (exact) mass is 394 g/mol. The van der Waals surface area contributed by atoms with Gasteiger partial charge in [0.05, 0.1) is 6.42 Å². The second-order valence-electron chi connectivity index (χ2n) is 9.42. The molecule has 1 aromatic carbocycles. The SMILES string of the molecule is Cc1ccc(CC(=O)N2CCC3(CC2)CN(C)C[C@H]3c2noc(C3CC3)n2)cc1. The van der Waals surface area contributed by atoms with Gasteiger partial charge in [-0.2, -0.15) is 4.98 Å². The summed E-state index contributed by atoms with van der Waals surface area (Å²) in [5.74, 6) is 2.75. The van der Waals surface area contributed by atoms with E-state index in [9.17, 15) is 4.79 Å². The first-order chi connectivity index (χ1) is 14.0. The van der Waals surface area contributed by atoms with Crippen molar-refractivity contribution in [2.45, 2.75) is 50.9 Å². The number of hydrogen-bond donors (Lipinski definition) is 0. The Hall–Kier alpha value is -2.21. The molecule has 0 bridgehead atoms. The van der Waals surface area contributed by atoms with E-state index in [-0.39, 0.29) is 11.3 Å². The fourth-order valence-corrected chi connectivity index (χ4v) is 5.16. The van der Waals surface area contributed by atoms with Crippen LogP contribution in [0.4, 0.5) is 0 Å². The number of likely N-dealkylation sites (tertiary alicyclic amines) is 2. The second kappa shape index (κ2) is 7.24. The van der Waals surface area contributed by atoms with E-state index in [1.807, 2.05) is 4.90 Å². The predicted molar refractivity (Wildman–Crippen MR) is 110 cm³/mol. The Labute approximate surface area is 172 Å². The minimum Gasteiger partial charge on any atom is -0.342 e. The summed E-state index contributed by atoms with van der Waals surface area (Å²) in [7, 11) is 2.18. The summed E-state index contributed by atoms with van der Waals surface area (Å²) in [5, 5.41) is 4.37. The minimum absolute atomic E-state index is 0.153. The molecule has 6 heteroatoms.